The third-order valence-corrected chi connectivity index (χ3v) is 6.50. The summed E-state index contributed by atoms with van der Waals surface area (Å²) >= 11 is 1.76. The Balaban J connectivity index is 2.81. The zero-order valence-corrected chi connectivity index (χ0v) is 18.1. The lowest BCUT2D eigenvalue weighted by molar-refractivity contribution is 0.0356. The van der Waals surface area contributed by atoms with Gasteiger partial charge in [-0.1, -0.05) is 12.1 Å². The first-order valence-corrected chi connectivity index (χ1v) is 10.3. The van der Waals surface area contributed by atoms with Crippen LogP contribution in [0.5, 0.6) is 0 Å². The molecule has 0 saturated carbocycles. The molecule has 3 N–H and O–H groups in total. The highest BCUT2D eigenvalue weighted by Crippen LogP contribution is 2.38. The number of pyridine rings is 1. The summed E-state index contributed by atoms with van der Waals surface area (Å²) in [6.45, 7) is 6.30. The standard InChI is InChI=1S/C19H24BrFN2O3S/c1-12-7-8-13(10-15(12)21)19(16(25)11-24,23-27(26)18(2,3)4)17-14(20)6-5-9-22-17/h5-10,16,23-25H,11H2,1-4H3/t16?,19-,27-/m0/s1. The van der Waals surface area contributed by atoms with Crippen molar-refractivity contribution in [2.45, 2.75) is 44.1 Å². The second-order valence-corrected chi connectivity index (χ2v) is 10.1. The number of aromatic nitrogens is 1. The Morgan fingerprint density at radius 2 is 2.00 bits per heavy atom. The Bertz CT molecular complexity index is 803. The van der Waals surface area contributed by atoms with Crippen LogP contribution in [0.3, 0.4) is 0 Å². The molecular formula is C19H24BrFN2O3S. The van der Waals surface area contributed by atoms with E-state index < -0.39 is 40.2 Å². The highest BCUT2D eigenvalue weighted by atomic mass is 79.9. The van der Waals surface area contributed by atoms with Crippen molar-refractivity contribution in [2.75, 3.05) is 6.61 Å². The summed E-state index contributed by atoms with van der Waals surface area (Å²) in [4.78, 5) is 4.35. The maximum absolute atomic E-state index is 14.4. The summed E-state index contributed by atoms with van der Waals surface area (Å²) in [5, 5.41) is 20.6. The van der Waals surface area contributed by atoms with Crippen molar-refractivity contribution in [1.82, 2.24) is 9.71 Å². The predicted octanol–water partition coefficient (Wildman–Crippen LogP) is 2.94. The van der Waals surface area contributed by atoms with Crippen LogP contribution in [-0.2, 0) is 16.9 Å². The van der Waals surface area contributed by atoms with Crippen molar-refractivity contribution in [2.24, 2.45) is 0 Å². The molecule has 0 aliphatic heterocycles. The average molecular weight is 459 g/mol. The number of nitrogens with zero attached hydrogens (tertiary/aromatic N) is 1. The molecule has 5 nitrogen and oxygen atoms in total. The molecule has 0 saturated heterocycles. The summed E-state index contributed by atoms with van der Waals surface area (Å²) in [5.41, 5.74) is -0.554. The van der Waals surface area contributed by atoms with Crippen LogP contribution in [0.1, 0.15) is 37.6 Å². The van der Waals surface area contributed by atoms with Crippen LogP contribution in [0.4, 0.5) is 4.39 Å². The normalized spacial score (nSPS) is 16.6. The van der Waals surface area contributed by atoms with Crippen LogP contribution in [0.25, 0.3) is 0 Å². The van der Waals surface area contributed by atoms with Gasteiger partial charge in [-0.15, -0.1) is 4.72 Å². The molecule has 0 fully saturated rings. The van der Waals surface area contributed by atoms with E-state index in [0.29, 0.717) is 21.3 Å². The van der Waals surface area contributed by atoms with E-state index in [2.05, 4.69) is 25.6 Å². The molecule has 148 valence electrons. The Hall–Kier alpha value is -1.03. The van der Waals surface area contributed by atoms with Crippen molar-refractivity contribution < 1.29 is 19.2 Å². The monoisotopic (exact) mass is 458 g/mol. The van der Waals surface area contributed by atoms with Crippen molar-refractivity contribution in [3.63, 3.8) is 0 Å². The SMILES string of the molecule is Cc1ccc([C@@](N[S@@+]([O-])C(C)(C)C)(c2ncccc2Br)C(O)CO)cc1F. The van der Waals surface area contributed by atoms with Gasteiger partial charge in [0.25, 0.3) is 0 Å². The Kier molecular flexibility index (Phi) is 7.05. The molecule has 2 rings (SSSR count). The summed E-state index contributed by atoms with van der Waals surface area (Å²) in [6, 6.07) is 7.88. The fraction of sp³-hybridized carbons (Fsp3) is 0.421. The zero-order chi connectivity index (χ0) is 20.4. The van der Waals surface area contributed by atoms with Gasteiger partial charge in [-0.05, 0) is 73.0 Å². The Morgan fingerprint density at radius 3 is 2.52 bits per heavy atom. The third-order valence-electron chi connectivity index (χ3n) is 4.24. The molecule has 0 bridgehead atoms. The van der Waals surface area contributed by atoms with E-state index in [0.717, 1.165) is 0 Å². The molecule has 0 aliphatic rings. The molecule has 0 spiro atoms. The van der Waals surface area contributed by atoms with E-state index in [1.807, 2.05) is 0 Å². The summed E-state index contributed by atoms with van der Waals surface area (Å²) in [6.07, 6.45) is 0.0858. The maximum Gasteiger partial charge on any atom is 0.159 e. The zero-order valence-electron chi connectivity index (χ0n) is 15.7. The van der Waals surface area contributed by atoms with E-state index in [4.69, 9.17) is 0 Å². The first kappa shape index (κ1) is 22.3. The summed E-state index contributed by atoms with van der Waals surface area (Å²) in [7, 11) is 0. The number of hydrogen-bond donors (Lipinski definition) is 3. The number of rotatable bonds is 6. The lowest BCUT2D eigenvalue weighted by atomic mass is 9.81. The van der Waals surface area contributed by atoms with Crippen molar-refractivity contribution >= 4 is 27.3 Å². The van der Waals surface area contributed by atoms with Crippen LogP contribution in [-0.4, -0.2) is 37.2 Å². The highest BCUT2D eigenvalue weighted by Gasteiger charge is 2.49. The first-order chi connectivity index (χ1) is 12.5. The van der Waals surface area contributed by atoms with Gasteiger partial charge in [0.1, 0.15) is 16.7 Å². The van der Waals surface area contributed by atoms with Crippen LogP contribution >= 0.6 is 15.9 Å². The van der Waals surface area contributed by atoms with E-state index in [1.165, 1.54) is 12.3 Å². The third kappa shape index (κ3) is 4.52. The predicted molar refractivity (Wildman–Crippen MR) is 108 cm³/mol. The van der Waals surface area contributed by atoms with E-state index in [-0.39, 0.29) is 0 Å². The molecule has 0 radical (unpaired) electrons. The Morgan fingerprint density at radius 1 is 1.33 bits per heavy atom. The topological polar surface area (TPSA) is 88.4 Å². The quantitative estimate of drug-likeness (QED) is 0.579. The molecular weight excluding hydrogens is 435 g/mol. The van der Waals surface area contributed by atoms with Crippen molar-refractivity contribution in [3.8, 4) is 0 Å². The van der Waals surface area contributed by atoms with E-state index in [1.54, 1.807) is 52.0 Å². The molecule has 27 heavy (non-hydrogen) atoms. The lowest BCUT2D eigenvalue weighted by Crippen LogP contribution is -2.59. The second kappa shape index (κ2) is 8.55. The van der Waals surface area contributed by atoms with E-state index >= 15 is 0 Å². The molecule has 1 aromatic heterocycles. The molecule has 1 heterocycles. The van der Waals surface area contributed by atoms with Crippen molar-refractivity contribution in [3.05, 3.63) is 63.6 Å². The van der Waals surface area contributed by atoms with Gasteiger partial charge in [0.05, 0.1) is 12.3 Å². The van der Waals surface area contributed by atoms with Crippen molar-refractivity contribution in [1.29, 1.82) is 0 Å². The smallest absolute Gasteiger partial charge is 0.159 e. The minimum atomic E-state index is -1.65. The highest BCUT2D eigenvalue weighted by molar-refractivity contribution is 9.10. The van der Waals surface area contributed by atoms with Crippen LogP contribution < -0.4 is 4.72 Å². The molecule has 2 aromatic rings. The largest absolute Gasteiger partial charge is 0.598 e. The number of aryl methyl sites for hydroxylation is 1. The fourth-order valence-corrected chi connectivity index (χ4v) is 4.13. The maximum atomic E-state index is 14.4. The number of halogens is 2. The molecule has 0 aliphatic carbocycles. The number of aliphatic hydroxyl groups is 2. The van der Waals surface area contributed by atoms with Gasteiger partial charge in [-0.3, -0.25) is 4.98 Å². The number of nitrogens with one attached hydrogen (secondary N) is 1. The van der Waals surface area contributed by atoms with Crippen LogP contribution in [0.15, 0.2) is 41.0 Å². The average Bonchev–Trinajstić information content (AvgIpc) is 2.61. The minimum Gasteiger partial charge on any atom is -0.598 e. The van der Waals surface area contributed by atoms with Gasteiger partial charge in [-0.25, -0.2) is 4.39 Å². The van der Waals surface area contributed by atoms with Gasteiger partial charge in [0.15, 0.2) is 5.54 Å². The van der Waals surface area contributed by atoms with Gasteiger partial charge in [0, 0.05) is 22.0 Å². The van der Waals surface area contributed by atoms with Crippen LogP contribution in [0.2, 0.25) is 0 Å². The lowest BCUT2D eigenvalue weighted by Gasteiger charge is -2.40. The number of aliphatic hydroxyl groups excluding tert-OH is 2. The van der Waals surface area contributed by atoms with E-state index in [9.17, 15) is 19.2 Å². The summed E-state index contributed by atoms with van der Waals surface area (Å²) < 4.78 is 30.2. The number of hydrogen-bond acceptors (Lipinski definition) is 5. The van der Waals surface area contributed by atoms with Crippen LogP contribution in [0, 0.1) is 12.7 Å². The first-order valence-electron chi connectivity index (χ1n) is 8.40. The molecule has 0 amide bonds. The Labute approximate surface area is 170 Å². The second-order valence-electron chi connectivity index (χ2n) is 7.29. The van der Waals surface area contributed by atoms with Gasteiger partial charge in [-0.2, -0.15) is 0 Å². The minimum absolute atomic E-state index is 0.299. The molecule has 3 atom stereocenters. The molecule has 1 unspecified atom stereocenters. The summed E-state index contributed by atoms with van der Waals surface area (Å²) in [5.74, 6) is -0.475. The van der Waals surface area contributed by atoms with Gasteiger partial charge < -0.3 is 14.8 Å². The molecule has 1 aromatic carbocycles. The molecule has 8 heteroatoms. The van der Waals surface area contributed by atoms with Gasteiger partial charge >= 0.3 is 0 Å². The number of benzene rings is 1. The fourth-order valence-electron chi connectivity index (χ4n) is 2.61. The van der Waals surface area contributed by atoms with Gasteiger partial charge in [0.2, 0.25) is 0 Å².